The van der Waals surface area contributed by atoms with E-state index >= 15 is 0 Å². The van der Waals surface area contributed by atoms with Crippen LogP contribution in [-0.4, -0.2) is 11.1 Å². The zero-order valence-electron chi connectivity index (χ0n) is 10.8. The lowest BCUT2D eigenvalue weighted by atomic mass is 10.1. The zero-order chi connectivity index (χ0) is 14.4. The lowest BCUT2D eigenvalue weighted by Gasteiger charge is -2.09. The van der Waals surface area contributed by atoms with Crippen molar-refractivity contribution in [3.8, 4) is 0 Å². The monoisotopic (exact) mass is 290 g/mol. The Bertz CT molecular complexity index is 602. The number of para-hydroxylation sites is 1. The Morgan fingerprint density at radius 2 is 1.85 bits per heavy atom. The van der Waals surface area contributed by atoms with Crippen LogP contribution >= 0.6 is 11.6 Å². The molecule has 5 heteroatoms. The van der Waals surface area contributed by atoms with Crippen LogP contribution in [0.15, 0.2) is 48.5 Å². The van der Waals surface area contributed by atoms with E-state index in [1.807, 2.05) is 24.3 Å². The molecule has 0 fully saturated rings. The SMILES string of the molecule is O=C(NCc1cccc(CO)c1)Nc1ccccc1Cl. The molecule has 0 spiro atoms. The number of rotatable bonds is 4. The lowest BCUT2D eigenvalue weighted by molar-refractivity contribution is 0.251. The molecule has 0 saturated carbocycles. The van der Waals surface area contributed by atoms with Crippen molar-refractivity contribution in [2.75, 3.05) is 5.32 Å². The molecule has 4 nitrogen and oxygen atoms in total. The Morgan fingerprint density at radius 3 is 2.60 bits per heavy atom. The highest BCUT2D eigenvalue weighted by molar-refractivity contribution is 6.33. The van der Waals surface area contributed by atoms with Gasteiger partial charge in [-0.2, -0.15) is 0 Å². The van der Waals surface area contributed by atoms with Crippen molar-refractivity contribution in [2.45, 2.75) is 13.2 Å². The highest BCUT2D eigenvalue weighted by Gasteiger charge is 2.04. The van der Waals surface area contributed by atoms with E-state index in [-0.39, 0.29) is 12.6 Å². The molecule has 0 aliphatic rings. The molecule has 0 radical (unpaired) electrons. The van der Waals surface area contributed by atoms with Gasteiger partial charge in [-0.3, -0.25) is 0 Å². The summed E-state index contributed by atoms with van der Waals surface area (Å²) in [6, 6.07) is 14.1. The zero-order valence-corrected chi connectivity index (χ0v) is 11.5. The highest BCUT2D eigenvalue weighted by atomic mass is 35.5. The van der Waals surface area contributed by atoms with Crippen molar-refractivity contribution in [3.05, 3.63) is 64.7 Å². The van der Waals surface area contributed by atoms with E-state index in [1.54, 1.807) is 24.3 Å². The average molecular weight is 291 g/mol. The topological polar surface area (TPSA) is 61.4 Å². The van der Waals surface area contributed by atoms with E-state index in [0.29, 0.717) is 17.3 Å². The van der Waals surface area contributed by atoms with Crippen molar-refractivity contribution in [1.82, 2.24) is 5.32 Å². The van der Waals surface area contributed by atoms with Gasteiger partial charge in [0.2, 0.25) is 0 Å². The molecule has 0 heterocycles. The first-order valence-corrected chi connectivity index (χ1v) is 6.55. The Hall–Kier alpha value is -2.04. The number of aliphatic hydroxyl groups excluding tert-OH is 1. The minimum atomic E-state index is -0.326. The third-order valence-electron chi connectivity index (χ3n) is 2.75. The first-order chi connectivity index (χ1) is 9.69. The van der Waals surface area contributed by atoms with Crippen molar-refractivity contribution >= 4 is 23.3 Å². The fourth-order valence-corrected chi connectivity index (χ4v) is 1.93. The van der Waals surface area contributed by atoms with Gasteiger partial charge in [-0.1, -0.05) is 48.0 Å². The van der Waals surface area contributed by atoms with Crippen molar-refractivity contribution in [3.63, 3.8) is 0 Å². The van der Waals surface area contributed by atoms with Gasteiger partial charge in [-0.15, -0.1) is 0 Å². The van der Waals surface area contributed by atoms with Crippen LogP contribution in [0.5, 0.6) is 0 Å². The number of nitrogens with one attached hydrogen (secondary N) is 2. The first kappa shape index (κ1) is 14.4. The molecular formula is C15H15ClN2O2. The van der Waals surface area contributed by atoms with Gasteiger partial charge in [0.05, 0.1) is 17.3 Å². The van der Waals surface area contributed by atoms with Crippen LogP contribution in [0.4, 0.5) is 10.5 Å². The van der Waals surface area contributed by atoms with E-state index in [1.165, 1.54) is 0 Å². The summed E-state index contributed by atoms with van der Waals surface area (Å²) in [5.41, 5.74) is 2.30. The van der Waals surface area contributed by atoms with Crippen molar-refractivity contribution < 1.29 is 9.90 Å². The molecular weight excluding hydrogens is 276 g/mol. The Balaban J connectivity index is 1.90. The maximum absolute atomic E-state index is 11.8. The second-order valence-electron chi connectivity index (χ2n) is 4.27. The minimum absolute atomic E-state index is 0.0142. The number of hydrogen-bond donors (Lipinski definition) is 3. The predicted octanol–water partition coefficient (Wildman–Crippen LogP) is 3.15. The normalized spacial score (nSPS) is 10.1. The van der Waals surface area contributed by atoms with Crippen LogP contribution in [0.1, 0.15) is 11.1 Å². The number of halogens is 1. The Kier molecular flexibility index (Phi) is 4.98. The smallest absolute Gasteiger partial charge is 0.319 e. The van der Waals surface area contributed by atoms with Gasteiger partial charge in [0.1, 0.15) is 0 Å². The molecule has 2 rings (SSSR count). The summed E-state index contributed by atoms with van der Waals surface area (Å²) in [6.07, 6.45) is 0. The maximum atomic E-state index is 11.8. The molecule has 0 aliphatic carbocycles. The van der Waals surface area contributed by atoms with E-state index < -0.39 is 0 Å². The number of hydrogen-bond acceptors (Lipinski definition) is 2. The lowest BCUT2D eigenvalue weighted by Crippen LogP contribution is -2.28. The van der Waals surface area contributed by atoms with Crippen molar-refractivity contribution in [1.29, 1.82) is 0 Å². The molecule has 0 aromatic heterocycles. The van der Waals surface area contributed by atoms with Gasteiger partial charge >= 0.3 is 6.03 Å². The molecule has 0 aliphatic heterocycles. The average Bonchev–Trinajstić information content (AvgIpc) is 2.48. The summed E-state index contributed by atoms with van der Waals surface area (Å²) in [5, 5.41) is 15.0. The van der Waals surface area contributed by atoms with Crippen LogP contribution < -0.4 is 10.6 Å². The van der Waals surface area contributed by atoms with Crippen LogP contribution in [-0.2, 0) is 13.2 Å². The van der Waals surface area contributed by atoms with Gasteiger partial charge in [0, 0.05) is 6.54 Å². The molecule has 0 unspecified atom stereocenters. The fraction of sp³-hybridized carbons (Fsp3) is 0.133. The molecule has 0 bridgehead atoms. The van der Waals surface area contributed by atoms with Crippen LogP contribution in [0, 0.1) is 0 Å². The summed E-state index contributed by atoms with van der Waals surface area (Å²) in [6.45, 7) is 0.365. The van der Waals surface area contributed by atoms with E-state index in [2.05, 4.69) is 10.6 Å². The molecule has 2 amide bonds. The molecule has 104 valence electrons. The highest BCUT2D eigenvalue weighted by Crippen LogP contribution is 2.20. The number of carbonyl (C=O) groups is 1. The second kappa shape index (κ2) is 6.93. The molecule has 2 aromatic carbocycles. The van der Waals surface area contributed by atoms with Gasteiger partial charge < -0.3 is 15.7 Å². The number of carbonyl (C=O) groups excluding carboxylic acids is 1. The van der Waals surface area contributed by atoms with Crippen molar-refractivity contribution in [2.24, 2.45) is 0 Å². The molecule has 0 saturated heterocycles. The minimum Gasteiger partial charge on any atom is -0.392 e. The van der Waals surface area contributed by atoms with Gasteiger partial charge in [0.25, 0.3) is 0 Å². The maximum Gasteiger partial charge on any atom is 0.319 e. The third kappa shape index (κ3) is 3.98. The van der Waals surface area contributed by atoms with E-state index in [0.717, 1.165) is 11.1 Å². The third-order valence-corrected chi connectivity index (χ3v) is 3.08. The second-order valence-corrected chi connectivity index (χ2v) is 4.67. The summed E-state index contributed by atoms with van der Waals surface area (Å²) >= 11 is 5.95. The molecule has 0 atom stereocenters. The summed E-state index contributed by atoms with van der Waals surface area (Å²) in [7, 11) is 0. The van der Waals surface area contributed by atoms with E-state index in [9.17, 15) is 4.79 Å². The number of benzene rings is 2. The standard InChI is InChI=1S/C15H15ClN2O2/c16-13-6-1-2-7-14(13)18-15(20)17-9-11-4-3-5-12(8-11)10-19/h1-8,19H,9-10H2,(H2,17,18,20). The largest absolute Gasteiger partial charge is 0.392 e. The molecule has 3 N–H and O–H groups in total. The van der Waals surface area contributed by atoms with E-state index in [4.69, 9.17) is 16.7 Å². The number of amides is 2. The molecule has 2 aromatic rings. The van der Waals surface area contributed by atoms with Gasteiger partial charge in [-0.25, -0.2) is 4.79 Å². The number of urea groups is 1. The van der Waals surface area contributed by atoms with Crippen LogP contribution in [0.2, 0.25) is 5.02 Å². The van der Waals surface area contributed by atoms with Gasteiger partial charge in [0.15, 0.2) is 0 Å². The fourth-order valence-electron chi connectivity index (χ4n) is 1.75. The Morgan fingerprint density at radius 1 is 1.10 bits per heavy atom. The van der Waals surface area contributed by atoms with Gasteiger partial charge in [-0.05, 0) is 23.3 Å². The summed E-state index contributed by atoms with van der Waals surface area (Å²) < 4.78 is 0. The summed E-state index contributed by atoms with van der Waals surface area (Å²) in [4.78, 5) is 11.8. The molecule has 20 heavy (non-hydrogen) atoms. The van der Waals surface area contributed by atoms with Crippen LogP contribution in [0.25, 0.3) is 0 Å². The summed E-state index contributed by atoms with van der Waals surface area (Å²) in [5.74, 6) is 0. The quantitative estimate of drug-likeness (QED) is 0.810. The first-order valence-electron chi connectivity index (χ1n) is 6.17. The number of aliphatic hydroxyl groups is 1. The Labute approximate surface area is 122 Å². The number of anilines is 1. The van der Waals surface area contributed by atoms with Crippen LogP contribution in [0.3, 0.4) is 0 Å². The predicted molar refractivity (Wildman–Crippen MR) is 79.7 cm³/mol.